The quantitative estimate of drug-likeness (QED) is 0.791. The molecule has 1 aromatic rings. The van der Waals surface area contributed by atoms with E-state index in [-0.39, 0.29) is 17.9 Å². The minimum atomic E-state index is -4.40. The van der Waals surface area contributed by atoms with Gasteiger partial charge in [-0.2, -0.15) is 13.2 Å². The Kier molecular flexibility index (Phi) is 6.01. The van der Waals surface area contributed by atoms with Crippen molar-refractivity contribution in [1.82, 2.24) is 5.32 Å². The highest BCUT2D eigenvalue weighted by molar-refractivity contribution is 5.76. The summed E-state index contributed by atoms with van der Waals surface area (Å²) in [5, 5.41) is 2.64. The third-order valence-electron chi connectivity index (χ3n) is 2.99. The molecule has 0 aliphatic rings. The van der Waals surface area contributed by atoms with E-state index in [4.69, 9.17) is 5.73 Å². The van der Waals surface area contributed by atoms with Gasteiger partial charge in [0.15, 0.2) is 0 Å². The molecule has 112 valence electrons. The Morgan fingerprint density at radius 3 is 2.60 bits per heavy atom. The number of nitrogens with two attached hydrogens (primary N) is 1. The summed E-state index contributed by atoms with van der Waals surface area (Å²) in [6.07, 6.45) is -3.72. The van der Waals surface area contributed by atoms with E-state index in [0.29, 0.717) is 19.5 Å². The predicted molar refractivity (Wildman–Crippen MR) is 71.2 cm³/mol. The number of benzene rings is 1. The molecule has 6 heteroatoms. The van der Waals surface area contributed by atoms with Gasteiger partial charge in [0, 0.05) is 13.0 Å². The lowest BCUT2D eigenvalue weighted by Gasteiger charge is -2.18. The maximum absolute atomic E-state index is 12.9. The molecule has 3 N–H and O–H groups in total. The average Bonchev–Trinajstić information content (AvgIpc) is 2.38. The van der Waals surface area contributed by atoms with Crippen molar-refractivity contribution < 1.29 is 18.0 Å². The number of rotatable bonds is 6. The molecule has 0 saturated carbocycles. The van der Waals surface area contributed by atoms with Crippen LogP contribution in [0.1, 0.15) is 36.8 Å². The molecular formula is C14H19F3N2O. The van der Waals surface area contributed by atoms with Crippen LogP contribution in [0.4, 0.5) is 13.2 Å². The molecule has 0 heterocycles. The van der Waals surface area contributed by atoms with E-state index in [9.17, 15) is 18.0 Å². The highest BCUT2D eigenvalue weighted by atomic mass is 19.4. The zero-order chi connectivity index (χ0) is 15.2. The van der Waals surface area contributed by atoms with Gasteiger partial charge in [0.2, 0.25) is 5.91 Å². The largest absolute Gasteiger partial charge is 0.416 e. The van der Waals surface area contributed by atoms with E-state index in [1.807, 2.05) is 0 Å². The Morgan fingerprint density at radius 2 is 2.00 bits per heavy atom. The molecule has 3 nitrogen and oxygen atoms in total. The molecule has 0 aliphatic carbocycles. The maximum atomic E-state index is 12.9. The molecule has 1 amide bonds. The molecule has 0 fully saturated rings. The van der Waals surface area contributed by atoms with E-state index < -0.39 is 17.7 Å². The Balaban J connectivity index is 2.73. The van der Waals surface area contributed by atoms with Crippen molar-refractivity contribution >= 4 is 5.91 Å². The minimum absolute atomic E-state index is 0.0255. The van der Waals surface area contributed by atoms with Crippen LogP contribution in [0.3, 0.4) is 0 Å². The number of halogens is 3. The van der Waals surface area contributed by atoms with E-state index in [0.717, 1.165) is 6.07 Å². The van der Waals surface area contributed by atoms with Gasteiger partial charge in [-0.05, 0) is 30.5 Å². The second kappa shape index (κ2) is 7.28. The first kappa shape index (κ1) is 16.5. The lowest BCUT2D eigenvalue weighted by molar-refractivity contribution is -0.138. The van der Waals surface area contributed by atoms with Gasteiger partial charge in [0.05, 0.1) is 5.56 Å². The molecule has 20 heavy (non-hydrogen) atoms. The molecule has 0 spiro atoms. The van der Waals surface area contributed by atoms with Gasteiger partial charge in [-0.15, -0.1) is 0 Å². The van der Waals surface area contributed by atoms with Crippen molar-refractivity contribution in [2.75, 3.05) is 13.1 Å². The van der Waals surface area contributed by atoms with Gasteiger partial charge in [0.1, 0.15) is 0 Å². The number of carbonyl (C=O) groups is 1. The third-order valence-corrected chi connectivity index (χ3v) is 2.99. The van der Waals surface area contributed by atoms with Gasteiger partial charge in [-0.3, -0.25) is 4.79 Å². The first-order chi connectivity index (χ1) is 9.36. The summed E-state index contributed by atoms with van der Waals surface area (Å²) in [6, 6.07) is 5.35. The van der Waals surface area contributed by atoms with E-state index in [1.165, 1.54) is 12.1 Å². The molecule has 1 aromatic carbocycles. The van der Waals surface area contributed by atoms with Crippen LogP contribution in [0.25, 0.3) is 0 Å². The van der Waals surface area contributed by atoms with Crippen LogP contribution in [-0.4, -0.2) is 19.0 Å². The van der Waals surface area contributed by atoms with Gasteiger partial charge < -0.3 is 11.1 Å². The van der Waals surface area contributed by atoms with Gasteiger partial charge in [0.25, 0.3) is 0 Å². The molecule has 0 bridgehead atoms. The normalized spacial score (nSPS) is 13.1. The molecule has 1 rings (SSSR count). The second-order valence-electron chi connectivity index (χ2n) is 4.68. The fourth-order valence-corrected chi connectivity index (χ4v) is 1.97. The lowest BCUT2D eigenvalue weighted by Crippen LogP contribution is -2.27. The molecule has 0 radical (unpaired) electrons. The number of carbonyl (C=O) groups excluding carboxylic acids is 1. The molecule has 0 aliphatic heterocycles. The van der Waals surface area contributed by atoms with Crippen molar-refractivity contribution in [3.05, 3.63) is 35.4 Å². The van der Waals surface area contributed by atoms with Gasteiger partial charge in [-0.1, -0.05) is 25.1 Å². The lowest BCUT2D eigenvalue weighted by atomic mass is 9.92. The highest BCUT2D eigenvalue weighted by Gasteiger charge is 2.34. The van der Waals surface area contributed by atoms with Crippen LogP contribution in [0.2, 0.25) is 0 Å². The van der Waals surface area contributed by atoms with Crippen LogP contribution in [0, 0.1) is 0 Å². The standard InChI is InChI=1S/C14H19F3N2O/c1-10(9-13(20)19-8-4-7-18)11-5-2-3-6-12(11)14(15,16)17/h2-3,5-6,10H,4,7-9,18H2,1H3,(H,19,20). The fraction of sp³-hybridized carbons (Fsp3) is 0.500. The number of hydrogen-bond donors (Lipinski definition) is 2. The summed E-state index contributed by atoms with van der Waals surface area (Å²) in [6.45, 7) is 2.53. The SMILES string of the molecule is CC(CC(=O)NCCCN)c1ccccc1C(F)(F)F. The van der Waals surface area contributed by atoms with E-state index in [2.05, 4.69) is 5.32 Å². The molecule has 1 atom stereocenters. The van der Waals surface area contributed by atoms with Crippen molar-refractivity contribution in [3.8, 4) is 0 Å². The number of amides is 1. The Labute approximate surface area is 116 Å². The molecule has 0 aromatic heterocycles. The number of nitrogens with one attached hydrogen (secondary N) is 1. The van der Waals surface area contributed by atoms with Crippen molar-refractivity contribution in [3.63, 3.8) is 0 Å². The summed E-state index contributed by atoms with van der Waals surface area (Å²) in [7, 11) is 0. The van der Waals surface area contributed by atoms with Crippen LogP contribution >= 0.6 is 0 Å². The van der Waals surface area contributed by atoms with Crippen LogP contribution < -0.4 is 11.1 Å². The van der Waals surface area contributed by atoms with Crippen molar-refractivity contribution in [2.45, 2.75) is 31.9 Å². The molecule has 0 saturated heterocycles. The average molecular weight is 288 g/mol. The fourth-order valence-electron chi connectivity index (χ4n) is 1.97. The third kappa shape index (κ3) is 4.85. The monoisotopic (exact) mass is 288 g/mol. The smallest absolute Gasteiger partial charge is 0.356 e. The number of alkyl halides is 3. The summed E-state index contributed by atoms with van der Waals surface area (Å²) in [5.74, 6) is -0.756. The Morgan fingerprint density at radius 1 is 1.35 bits per heavy atom. The molecule has 1 unspecified atom stereocenters. The number of hydrogen-bond acceptors (Lipinski definition) is 2. The van der Waals surface area contributed by atoms with Gasteiger partial charge >= 0.3 is 6.18 Å². The van der Waals surface area contributed by atoms with Crippen LogP contribution in [-0.2, 0) is 11.0 Å². The van der Waals surface area contributed by atoms with Crippen LogP contribution in [0.5, 0.6) is 0 Å². The van der Waals surface area contributed by atoms with Gasteiger partial charge in [-0.25, -0.2) is 0 Å². The first-order valence-electron chi connectivity index (χ1n) is 6.49. The zero-order valence-electron chi connectivity index (χ0n) is 11.3. The summed E-state index contributed by atoms with van der Waals surface area (Å²) in [4.78, 5) is 11.6. The topological polar surface area (TPSA) is 55.1 Å². The van der Waals surface area contributed by atoms with Crippen molar-refractivity contribution in [2.24, 2.45) is 5.73 Å². The Bertz CT molecular complexity index is 446. The van der Waals surface area contributed by atoms with Crippen molar-refractivity contribution in [1.29, 1.82) is 0 Å². The summed E-state index contributed by atoms with van der Waals surface area (Å²) < 4.78 is 38.6. The minimum Gasteiger partial charge on any atom is -0.356 e. The Hall–Kier alpha value is -1.56. The zero-order valence-corrected chi connectivity index (χ0v) is 11.3. The van der Waals surface area contributed by atoms with E-state index in [1.54, 1.807) is 13.0 Å². The molecular weight excluding hydrogens is 269 g/mol. The maximum Gasteiger partial charge on any atom is 0.416 e. The van der Waals surface area contributed by atoms with Crippen LogP contribution in [0.15, 0.2) is 24.3 Å². The first-order valence-corrected chi connectivity index (χ1v) is 6.49. The second-order valence-corrected chi connectivity index (χ2v) is 4.68. The predicted octanol–water partition coefficient (Wildman–Crippen LogP) is 2.66. The highest BCUT2D eigenvalue weighted by Crippen LogP contribution is 2.35. The summed E-state index contributed by atoms with van der Waals surface area (Å²) in [5.41, 5.74) is 4.77. The van der Waals surface area contributed by atoms with E-state index >= 15 is 0 Å². The summed E-state index contributed by atoms with van der Waals surface area (Å²) >= 11 is 0.